The average molecular weight is 282 g/mol. The van der Waals surface area contributed by atoms with Crippen molar-refractivity contribution in [1.29, 1.82) is 0 Å². The summed E-state index contributed by atoms with van der Waals surface area (Å²) in [4.78, 5) is 0.314. The molecular weight excluding hydrogens is 260 g/mol. The highest BCUT2D eigenvalue weighted by Gasteiger charge is 2.33. The smallest absolute Gasteiger partial charge is 0.243 e. The lowest BCUT2D eigenvalue weighted by Gasteiger charge is -2.18. The zero-order valence-electron chi connectivity index (χ0n) is 11.8. The SMILES string of the molecule is Cc1cc(N)cc(S(=O)(=O)N2CCC(C(C)C)C2)c1. The van der Waals surface area contributed by atoms with Crippen LogP contribution < -0.4 is 5.73 Å². The van der Waals surface area contributed by atoms with Gasteiger partial charge in [-0.3, -0.25) is 0 Å². The van der Waals surface area contributed by atoms with E-state index in [-0.39, 0.29) is 0 Å². The van der Waals surface area contributed by atoms with Gasteiger partial charge in [0.1, 0.15) is 0 Å². The first-order valence-corrected chi connectivity index (χ1v) is 8.12. The summed E-state index contributed by atoms with van der Waals surface area (Å²) < 4.78 is 26.7. The van der Waals surface area contributed by atoms with Crippen molar-refractivity contribution >= 4 is 15.7 Å². The minimum absolute atomic E-state index is 0.314. The molecule has 1 fully saturated rings. The van der Waals surface area contributed by atoms with Crippen LogP contribution in [0.3, 0.4) is 0 Å². The van der Waals surface area contributed by atoms with Gasteiger partial charge >= 0.3 is 0 Å². The molecular formula is C14H22N2O2S. The maximum Gasteiger partial charge on any atom is 0.243 e. The molecule has 4 nitrogen and oxygen atoms in total. The number of benzene rings is 1. The van der Waals surface area contributed by atoms with Crippen LogP contribution in [0, 0.1) is 18.8 Å². The Morgan fingerprint density at radius 1 is 1.32 bits per heavy atom. The fourth-order valence-corrected chi connectivity index (χ4v) is 4.24. The van der Waals surface area contributed by atoms with Crippen LogP contribution in [-0.4, -0.2) is 25.8 Å². The van der Waals surface area contributed by atoms with Crippen LogP contribution in [-0.2, 0) is 10.0 Å². The molecule has 19 heavy (non-hydrogen) atoms. The highest BCUT2D eigenvalue weighted by molar-refractivity contribution is 7.89. The summed E-state index contributed by atoms with van der Waals surface area (Å²) in [5.41, 5.74) is 7.12. The summed E-state index contributed by atoms with van der Waals surface area (Å²) in [6.07, 6.45) is 0.943. The van der Waals surface area contributed by atoms with Crippen molar-refractivity contribution in [3.63, 3.8) is 0 Å². The molecule has 0 bridgehead atoms. The van der Waals surface area contributed by atoms with E-state index in [9.17, 15) is 8.42 Å². The van der Waals surface area contributed by atoms with E-state index in [1.165, 1.54) is 0 Å². The molecule has 0 spiro atoms. The number of sulfonamides is 1. The first-order chi connectivity index (χ1) is 8.80. The monoisotopic (exact) mass is 282 g/mol. The predicted octanol–water partition coefficient (Wildman–Crippen LogP) is 2.24. The average Bonchev–Trinajstić information content (AvgIpc) is 2.77. The van der Waals surface area contributed by atoms with Gasteiger partial charge in [0.2, 0.25) is 10.0 Å². The van der Waals surface area contributed by atoms with E-state index in [4.69, 9.17) is 5.73 Å². The molecule has 0 amide bonds. The van der Waals surface area contributed by atoms with Gasteiger partial charge in [-0.05, 0) is 48.9 Å². The number of nitrogens with two attached hydrogens (primary N) is 1. The summed E-state index contributed by atoms with van der Waals surface area (Å²) in [5, 5.41) is 0. The van der Waals surface area contributed by atoms with E-state index < -0.39 is 10.0 Å². The second kappa shape index (κ2) is 5.13. The van der Waals surface area contributed by atoms with Gasteiger partial charge in [-0.15, -0.1) is 0 Å². The Labute approximate surface area is 115 Å². The minimum Gasteiger partial charge on any atom is -0.399 e. The number of anilines is 1. The first-order valence-electron chi connectivity index (χ1n) is 6.68. The molecule has 0 saturated carbocycles. The van der Waals surface area contributed by atoms with Gasteiger partial charge in [-0.2, -0.15) is 4.31 Å². The van der Waals surface area contributed by atoms with E-state index >= 15 is 0 Å². The molecule has 0 aromatic heterocycles. The Bertz CT molecular complexity index is 547. The molecule has 1 aromatic rings. The van der Waals surface area contributed by atoms with Crippen LogP contribution in [0.2, 0.25) is 0 Å². The normalized spacial score (nSPS) is 21.2. The van der Waals surface area contributed by atoms with E-state index in [0.717, 1.165) is 12.0 Å². The van der Waals surface area contributed by atoms with Crippen molar-refractivity contribution < 1.29 is 8.42 Å². The van der Waals surface area contributed by atoms with Crippen LogP contribution in [0.4, 0.5) is 5.69 Å². The highest BCUT2D eigenvalue weighted by atomic mass is 32.2. The third kappa shape index (κ3) is 2.92. The van der Waals surface area contributed by atoms with Gasteiger partial charge in [0.15, 0.2) is 0 Å². The maximum atomic E-state index is 12.6. The lowest BCUT2D eigenvalue weighted by Crippen LogP contribution is -2.29. The van der Waals surface area contributed by atoms with Gasteiger partial charge in [0, 0.05) is 18.8 Å². The number of aryl methyl sites for hydroxylation is 1. The molecule has 0 aliphatic carbocycles. The second-order valence-electron chi connectivity index (χ2n) is 5.74. The number of nitrogen functional groups attached to an aromatic ring is 1. The standard InChI is InChI=1S/C14H22N2O2S/c1-10(2)12-4-5-16(9-12)19(17,18)14-7-11(3)6-13(15)8-14/h6-8,10,12H,4-5,9,15H2,1-3H3. The molecule has 1 atom stereocenters. The third-order valence-corrected chi connectivity index (χ3v) is 5.68. The van der Waals surface area contributed by atoms with Gasteiger partial charge in [0.05, 0.1) is 4.90 Å². The van der Waals surface area contributed by atoms with Gasteiger partial charge in [-0.25, -0.2) is 8.42 Å². The number of nitrogens with zero attached hydrogens (tertiary/aromatic N) is 1. The summed E-state index contributed by atoms with van der Waals surface area (Å²) in [6.45, 7) is 7.38. The summed E-state index contributed by atoms with van der Waals surface area (Å²) in [7, 11) is -3.40. The molecule has 1 heterocycles. The zero-order valence-corrected chi connectivity index (χ0v) is 12.6. The lowest BCUT2D eigenvalue weighted by molar-refractivity contribution is 0.388. The van der Waals surface area contributed by atoms with Crippen molar-refractivity contribution in [3.8, 4) is 0 Å². The Morgan fingerprint density at radius 3 is 2.53 bits per heavy atom. The summed E-state index contributed by atoms with van der Waals surface area (Å²) in [6, 6.07) is 5.01. The van der Waals surface area contributed by atoms with Crippen LogP contribution >= 0.6 is 0 Å². The largest absolute Gasteiger partial charge is 0.399 e. The number of hydrogen-bond donors (Lipinski definition) is 1. The lowest BCUT2D eigenvalue weighted by atomic mass is 9.96. The van der Waals surface area contributed by atoms with Crippen molar-refractivity contribution in [2.45, 2.75) is 32.1 Å². The molecule has 106 valence electrons. The third-order valence-electron chi connectivity index (χ3n) is 3.84. The van der Waals surface area contributed by atoms with E-state index in [1.54, 1.807) is 22.5 Å². The summed E-state index contributed by atoms with van der Waals surface area (Å²) in [5.74, 6) is 0.972. The molecule has 1 aliphatic heterocycles. The first kappa shape index (κ1) is 14.3. The van der Waals surface area contributed by atoms with Crippen molar-refractivity contribution in [3.05, 3.63) is 23.8 Å². The zero-order chi connectivity index (χ0) is 14.2. The Hall–Kier alpha value is -1.07. The van der Waals surface area contributed by atoms with E-state index in [1.807, 2.05) is 6.92 Å². The Morgan fingerprint density at radius 2 is 2.00 bits per heavy atom. The van der Waals surface area contributed by atoms with E-state index in [2.05, 4.69) is 13.8 Å². The molecule has 2 rings (SSSR count). The molecule has 2 N–H and O–H groups in total. The fraction of sp³-hybridized carbons (Fsp3) is 0.571. The van der Waals surface area contributed by atoms with Gasteiger partial charge < -0.3 is 5.73 Å². The topological polar surface area (TPSA) is 63.4 Å². The van der Waals surface area contributed by atoms with Crippen LogP contribution in [0.1, 0.15) is 25.8 Å². The molecule has 5 heteroatoms. The highest BCUT2D eigenvalue weighted by Crippen LogP contribution is 2.29. The van der Waals surface area contributed by atoms with Crippen LogP contribution in [0.15, 0.2) is 23.1 Å². The van der Waals surface area contributed by atoms with Crippen LogP contribution in [0.25, 0.3) is 0 Å². The number of hydrogen-bond acceptors (Lipinski definition) is 3. The second-order valence-corrected chi connectivity index (χ2v) is 7.67. The molecule has 1 unspecified atom stereocenters. The van der Waals surface area contributed by atoms with Crippen LogP contribution in [0.5, 0.6) is 0 Å². The molecule has 0 radical (unpaired) electrons. The van der Waals surface area contributed by atoms with Gasteiger partial charge in [-0.1, -0.05) is 13.8 Å². The molecule has 1 aliphatic rings. The minimum atomic E-state index is -3.40. The number of rotatable bonds is 3. The molecule has 1 aromatic carbocycles. The quantitative estimate of drug-likeness (QED) is 0.865. The van der Waals surface area contributed by atoms with Crippen molar-refractivity contribution in [1.82, 2.24) is 4.31 Å². The van der Waals surface area contributed by atoms with E-state index in [0.29, 0.717) is 35.5 Å². The maximum absolute atomic E-state index is 12.6. The molecule has 1 saturated heterocycles. The van der Waals surface area contributed by atoms with Crippen molar-refractivity contribution in [2.75, 3.05) is 18.8 Å². The van der Waals surface area contributed by atoms with Crippen molar-refractivity contribution in [2.24, 2.45) is 11.8 Å². The van der Waals surface area contributed by atoms with Gasteiger partial charge in [0.25, 0.3) is 0 Å². The Kier molecular flexibility index (Phi) is 3.87. The summed E-state index contributed by atoms with van der Waals surface area (Å²) >= 11 is 0. The predicted molar refractivity (Wildman–Crippen MR) is 77.3 cm³/mol. The Balaban J connectivity index is 2.28. The fourth-order valence-electron chi connectivity index (χ4n) is 2.59.